The van der Waals surface area contributed by atoms with Gasteiger partial charge in [0, 0.05) is 18.7 Å². The van der Waals surface area contributed by atoms with Crippen LogP contribution in [0.5, 0.6) is 0 Å². The highest BCUT2D eigenvalue weighted by Gasteiger charge is 2.31. The number of carbonyl (C=O) groups is 1. The van der Waals surface area contributed by atoms with Crippen LogP contribution in [0.4, 0.5) is 0 Å². The van der Waals surface area contributed by atoms with Crippen molar-refractivity contribution in [3.63, 3.8) is 0 Å². The SMILES string of the molecule is CC(C)NC1CCN(Cc2ccon2)C1=O. The lowest BCUT2D eigenvalue weighted by molar-refractivity contribution is -0.130. The van der Waals surface area contributed by atoms with Gasteiger partial charge < -0.3 is 14.7 Å². The molecule has 1 N–H and O–H groups in total. The lowest BCUT2D eigenvalue weighted by Crippen LogP contribution is -2.41. The third-order valence-corrected chi connectivity index (χ3v) is 2.68. The zero-order valence-electron chi connectivity index (χ0n) is 9.64. The molecule has 2 rings (SSSR count). The maximum absolute atomic E-state index is 12.0. The average molecular weight is 223 g/mol. The summed E-state index contributed by atoms with van der Waals surface area (Å²) in [7, 11) is 0. The minimum absolute atomic E-state index is 0.0353. The largest absolute Gasteiger partial charge is 0.364 e. The minimum Gasteiger partial charge on any atom is -0.364 e. The van der Waals surface area contributed by atoms with Gasteiger partial charge in [0.15, 0.2) is 0 Å². The van der Waals surface area contributed by atoms with Crippen LogP contribution in [0.1, 0.15) is 26.0 Å². The second-order valence-electron chi connectivity index (χ2n) is 4.41. The molecule has 0 spiro atoms. The highest BCUT2D eigenvalue weighted by molar-refractivity contribution is 5.83. The number of carbonyl (C=O) groups excluding carboxylic acids is 1. The Kier molecular flexibility index (Phi) is 3.24. The van der Waals surface area contributed by atoms with Gasteiger partial charge in [-0.2, -0.15) is 0 Å². The molecule has 0 aromatic carbocycles. The predicted molar refractivity (Wildman–Crippen MR) is 58.6 cm³/mol. The number of amides is 1. The Labute approximate surface area is 94.8 Å². The van der Waals surface area contributed by atoms with Gasteiger partial charge in [-0.3, -0.25) is 4.79 Å². The summed E-state index contributed by atoms with van der Waals surface area (Å²) in [5.41, 5.74) is 0.804. The highest BCUT2D eigenvalue weighted by Crippen LogP contribution is 2.14. The van der Waals surface area contributed by atoms with Crippen LogP contribution in [0.15, 0.2) is 16.9 Å². The summed E-state index contributed by atoms with van der Waals surface area (Å²) in [4.78, 5) is 13.8. The molecule has 1 aromatic rings. The molecule has 16 heavy (non-hydrogen) atoms. The molecule has 2 heterocycles. The molecule has 1 unspecified atom stereocenters. The molecule has 0 saturated carbocycles. The van der Waals surface area contributed by atoms with E-state index in [0.29, 0.717) is 12.6 Å². The monoisotopic (exact) mass is 223 g/mol. The van der Waals surface area contributed by atoms with E-state index in [1.54, 1.807) is 6.07 Å². The molecule has 1 saturated heterocycles. The maximum Gasteiger partial charge on any atom is 0.240 e. The van der Waals surface area contributed by atoms with Gasteiger partial charge in [-0.25, -0.2) is 0 Å². The van der Waals surface area contributed by atoms with Crippen molar-refractivity contribution < 1.29 is 9.32 Å². The Balaban J connectivity index is 1.92. The average Bonchev–Trinajstić information content (AvgIpc) is 2.82. The van der Waals surface area contributed by atoms with Crippen LogP contribution in [0.3, 0.4) is 0 Å². The minimum atomic E-state index is -0.0353. The van der Waals surface area contributed by atoms with Gasteiger partial charge in [0.1, 0.15) is 12.0 Å². The number of hydrogen-bond donors (Lipinski definition) is 1. The number of rotatable bonds is 4. The van der Waals surface area contributed by atoms with Crippen LogP contribution < -0.4 is 5.32 Å². The van der Waals surface area contributed by atoms with E-state index in [0.717, 1.165) is 18.7 Å². The van der Waals surface area contributed by atoms with Crippen LogP contribution in [-0.2, 0) is 11.3 Å². The fraction of sp³-hybridized carbons (Fsp3) is 0.636. The Bertz CT molecular complexity index is 348. The van der Waals surface area contributed by atoms with Crippen molar-refractivity contribution >= 4 is 5.91 Å². The summed E-state index contributed by atoms with van der Waals surface area (Å²) in [6.45, 7) is 5.43. The van der Waals surface area contributed by atoms with Crippen molar-refractivity contribution in [2.45, 2.75) is 38.9 Å². The normalized spacial score (nSPS) is 21.1. The van der Waals surface area contributed by atoms with Gasteiger partial charge >= 0.3 is 0 Å². The first kappa shape index (κ1) is 11.1. The Hall–Kier alpha value is -1.36. The van der Waals surface area contributed by atoms with Crippen molar-refractivity contribution in [2.75, 3.05) is 6.54 Å². The second-order valence-corrected chi connectivity index (χ2v) is 4.41. The van der Waals surface area contributed by atoms with Gasteiger partial charge in [0.2, 0.25) is 5.91 Å². The maximum atomic E-state index is 12.0. The summed E-state index contributed by atoms with van der Waals surface area (Å²) >= 11 is 0. The number of hydrogen-bond acceptors (Lipinski definition) is 4. The van der Waals surface area contributed by atoms with E-state index in [9.17, 15) is 4.79 Å². The third-order valence-electron chi connectivity index (χ3n) is 2.68. The first-order valence-corrected chi connectivity index (χ1v) is 5.61. The molecule has 1 amide bonds. The van der Waals surface area contributed by atoms with Crippen molar-refractivity contribution in [1.29, 1.82) is 0 Å². The number of nitrogens with one attached hydrogen (secondary N) is 1. The summed E-state index contributed by atoms with van der Waals surface area (Å²) in [5.74, 6) is 0.164. The van der Waals surface area contributed by atoms with Crippen LogP contribution >= 0.6 is 0 Å². The molecular weight excluding hydrogens is 206 g/mol. The molecule has 1 aliphatic heterocycles. The highest BCUT2D eigenvalue weighted by atomic mass is 16.5. The molecule has 0 radical (unpaired) electrons. The molecule has 1 fully saturated rings. The Morgan fingerprint density at radius 2 is 2.50 bits per heavy atom. The lowest BCUT2D eigenvalue weighted by atomic mass is 10.2. The van der Waals surface area contributed by atoms with Crippen molar-refractivity contribution in [2.24, 2.45) is 0 Å². The summed E-state index contributed by atoms with van der Waals surface area (Å²) in [6.07, 6.45) is 2.40. The molecule has 5 heteroatoms. The zero-order chi connectivity index (χ0) is 11.5. The summed E-state index contributed by atoms with van der Waals surface area (Å²) in [6, 6.07) is 2.09. The van der Waals surface area contributed by atoms with Gasteiger partial charge in [-0.05, 0) is 6.42 Å². The third kappa shape index (κ3) is 2.41. The van der Waals surface area contributed by atoms with E-state index >= 15 is 0 Å². The quantitative estimate of drug-likeness (QED) is 0.819. The Morgan fingerprint density at radius 1 is 1.69 bits per heavy atom. The second kappa shape index (κ2) is 4.65. The molecule has 1 aliphatic rings. The fourth-order valence-electron chi connectivity index (χ4n) is 1.97. The van der Waals surface area contributed by atoms with Crippen LogP contribution in [0, 0.1) is 0 Å². The topological polar surface area (TPSA) is 58.4 Å². The van der Waals surface area contributed by atoms with E-state index in [2.05, 4.69) is 10.5 Å². The number of aromatic nitrogens is 1. The molecular formula is C11H17N3O2. The molecule has 1 aromatic heterocycles. The van der Waals surface area contributed by atoms with Gasteiger partial charge in [-0.15, -0.1) is 0 Å². The van der Waals surface area contributed by atoms with E-state index in [-0.39, 0.29) is 11.9 Å². The molecule has 88 valence electrons. The lowest BCUT2D eigenvalue weighted by Gasteiger charge is -2.17. The van der Waals surface area contributed by atoms with Crippen molar-refractivity contribution in [1.82, 2.24) is 15.4 Å². The molecule has 0 bridgehead atoms. The first-order valence-electron chi connectivity index (χ1n) is 5.61. The van der Waals surface area contributed by atoms with E-state index in [1.807, 2.05) is 18.7 Å². The standard InChI is InChI=1S/C11H17N3O2/c1-8(2)12-10-3-5-14(11(10)15)7-9-4-6-16-13-9/h4,6,8,10,12H,3,5,7H2,1-2H3. The smallest absolute Gasteiger partial charge is 0.240 e. The first-order chi connectivity index (χ1) is 7.66. The van der Waals surface area contributed by atoms with Crippen molar-refractivity contribution in [3.05, 3.63) is 18.0 Å². The van der Waals surface area contributed by atoms with Gasteiger partial charge in [0.25, 0.3) is 0 Å². The van der Waals surface area contributed by atoms with Crippen LogP contribution in [0.2, 0.25) is 0 Å². The molecule has 1 atom stereocenters. The van der Waals surface area contributed by atoms with Crippen LogP contribution in [-0.4, -0.2) is 34.6 Å². The molecule has 5 nitrogen and oxygen atoms in total. The summed E-state index contributed by atoms with van der Waals surface area (Å²) < 4.78 is 4.75. The van der Waals surface area contributed by atoms with Gasteiger partial charge in [-0.1, -0.05) is 19.0 Å². The van der Waals surface area contributed by atoms with Crippen LogP contribution in [0.25, 0.3) is 0 Å². The van der Waals surface area contributed by atoms with E-state index < -0.39 is 0 Å². The van der Waals surface area contributed by atoms with E-state index in [1.165, 1.54) is 6.26 Å². The van der Waals surface area contributed by atoms with E-state index in [4.69, 9.17) is 4.52 Å². The Morgan fingerprint density at radius 3 is 3.12 bits per heavy atom. The predicted octanol–water partition coefficient (Wildman–Crippen LogP) is 0.773. The number of nitrogens with zero attached hydrogens (tertiary/aromatic N) is 2. The fourth-order valence-corrected chi connectivity index (χ4v) is 1.97. The zero-order valence-corrected chi connectivity index (χ0v) is 9.64. The number of likely N-dealkylation sites (tertiary alicyclic amines) is 1. The molecule has 0 aliphatic carbocycles. The summed E-state index contributed by atoms with van der Waals surface area (Å²) in [5, 5.41) is 7.08. The van der Waals surface area contributed by atoms with Crippen molar-refractivity contribution in [3.8, 4) is 0 Å². The van der Waals surface area contributed by atoms with Gasteiger partial charge in [0.05, 0.1) is 12.6 Å².